The van der Waals surface area contributed by atoms with Crippen molar-refractivity contribution < 1.29 is 13.2 Å². The van der Waals surface area contributed by atoms with Gasteiger partial charge in [0, 0.05) is 10.9 Å². The number of nitrogens with zero attached hydrogens (tertiary/aromatic N) is 4. The molecule has 3 rings (SSSR count). The van der Waals surface area contributed by atoms with Gasteiger partial charge in [-0.1, -0.05) is 28.1 Å². The van der Waals surface area contributed by atoms with Gasteiger partial charge in [0.05, 0.1) is 11.3 Å². The molecule has 0 spiro atoms. The van der Waals surface area contributed by atoms with Crippen molar-refractivity contribution in [1.82, 2.24) is 10.3 Å². The van der Waals surface area contributed by atoms with Crippen LogP contribution in [0.2, 0.25) is 0 Å². The summed E-state index contributed by atoms with van der Waals surface area (Å²) in [6, 6.07) is 4.55. The van der Waals surface area contributed by atoms with Gasteiger partial charge in [0.15, 0.2) is 6.19 Å². The molecule has 1 aromatic carbocycles. The van der Waals surface area contributed by atoms with Crippen LogP contribution >= 0.6 is 15.9 Å². The van der Waals surface area contributed by atoms with Crippen LogP contribution in [0.1, 0.15) is 33.9 Å². The van der Waals surface area contributed by atoms with Crippen LogP contribution in [0.3, 0.4) is 0 Å². The number of nitrogens with two attached hydrogens (primary N) is 2. The Labute approximate surface area is 171 Å². The maximum atomic E-state index is 13.5. The standard InChI is InChI=1S/C17H12BrF3N8/c18-4-8-2-1-7(3-10(8)17(19,20)21)13-11-12(24)9(5-22)14(25)28-15(11)29-16(27-13)26-6-23/h1-3,13H,4H2,(H6,24,25,26,27,28,29). The Hall–Kier alpha value is -3.51. The number of nitrogens with one attached hydrogen (secondary N) is 2. The first-order chi connectivity index (χ1) is 13.7. The second-order valence-corrected chi connectivity index (χ2v) is 6.51. The quantitative estimate of drug-likeness (QED) is 0.303. The summed E-state index contributed by atoms with van der Waals surface area (Å²) in [5.41, 5.74) is 11.2. The molecule has 0 radical (unpaired) electrons. The summed E-state index contributed by atoms with van der Waals surface area (Å²) in [5, 5.41) is 23.2. The summed E-state index contributed by atoms with van der Waals surface area (Å²) in [4.78, 5) is 8.31. The average molecular weight is 465 g/mol. The number of nitriles is 2. The van der Waals surface area contributed by atoms with Crippen molar-refractivity contribution in [2.45, 2.75) is 17.5 Å². The van der Waals surface area contributed by atoms with Gasteiger partial charge in [0.25, 0.3) is 0 Å². The van der Waals surface area contributed by atoms with Gasteiger partial charge in [-0.15, -0.1) is 0 Å². The number of alkyl halides is 4. The third kappa shape index (κ3) is 3.62. The highest BCUT2D eigenvalue weighted by atomic mass is 79.9. The number of rotatable bonds is 2. The largest absolute Gasteiger partial charge is 0.416 e. The molecule has 0 fully saturated rings. The normalized spacial score (nSPS) is 15.4. The molecule has 29 heavy (non-hydrogen) atoms. The number of aromatic nitrogens is 1. The second kappa shape index (κ2) is 7.48. The van der Waals surface area contributed by atoms with Crippen LogP contribution in [-0.2, 0) is 11.5 Å². The average Bonchev–Trinajstić information content (AvgIpc) is 2.66. The van der Waals surface area contributed by atoms with Crippen molar-refractivity contribution >= 4 is 39.2 Å². The van der Waals surface area contributed by atoms with Gasteiger partial charge in [0.2, 0.25) is 5.96 Å². The molecule has 8 nitrogen and oxygen atoms in total. The maximum Gasteiger partial charge on any atom is 0.416 e. The van der Waals surface area contributed by atoms with Gasteiger partial charge in [0.1, 0.15) is 29.3 Å². The van der Waals surface area contributed by atoms with Gasteiger partial charge in [-0.2, -0.15) is 23.7 Å². The first kappa shape index (κ1) is 20.2. The van der Waals surface area contributed by atoms with Crippen molar-refractivity contribution in [1.29, 1.82) is 10.5 Å². The van der Waals surface area contributed by atoms with Crippen molar-refractivity contribution in [2.75, 3.05) is 16.8 Å². The number of benzene rings is 1. The lowest BCUT2D eigenvalue weighted by molar-refractivity contribution is -0.138. The topological polar surface area (TPSA) is 149 Å². The van der Waals surface area contributed by atoms with Gasteiger partial charge in [-0.25, -0.2) is 9.98 Å². The fourth-order valence-corrected chi connectivity index (χ4v) is 3.46. The molecule has 1 atom stereocenters. The smallest absolute Gasteiger partial charge is 0.397 e. The molecule has 12 heteroatoms. The van der Waals surface area contributed by atoms with Crippen LogP contribution in [-0.4, -0.2) is 10.9 Å². The fraction of sp³-hybridized carbons (Fsp3) is 0.176. The molecule has 0 saturated heterocycles. The minimum atomic E-state index is -4.59. The van der Waals surface area contributed by atoms with Crippen LogP contribution in [0, 0.1) is 22.8 Å². The van der Waals surface area contributed by atoms with Crippen molar-refractivity contribution in [2.24, 2.45) is 4.99 Å². The Morgan fingerprint density at radius 3 is 2.59 bits per heavy atom. The number of fused-ring (bicyclic) bond motifs is 1. The Morgan fingerprint density at radius 1 is 1.28 bits per heavy atom. The third-order valence-corrected chi connectivity index (χ3v) is 4.86. The van der Waals surface area contributed by atoms with E-state index in [4.69, 9.17) is 16.7 Å². The summed E-state index contributed by atoms with van der Waals surface area (Å²) in [6.45, 7) is 0. The van der Waals surface area contributed by atoms with E-state index in [9.17, 15) is 18.4 Å². The van der Waals surface area contributed by atoms with E-state index in [0.29, 0.717) is 0 Å². The van der Waals surface area contributed by atoms with Gasteiger partial charge >= 0.3 is 6.18 Å². The zero-order chi connectivity index (χ0) is 21.3. The van der Waals surface area contributed by atoms with Crippen LogP contribution in [0.15, 0.2) is 23.2 Å². The van der Waals surface area contributed by atoms with Gasteiger partial charge in [-0.3, -0.25) is 5.32 Å². The predicted molar refractivity (Wildman–Crippen MR) is 104 cm³/mol. The molecule has 2 heterocycles. The Balaban J connectivity index is 2.27. The Bertz CT molecular complexity index is 1100. The van der Waals surface area contributed by atoms with Crippen molar-refractivity contribution in [3.05, 3.63) is 46.0 Å². The van der Waals surface area contributed by atoms with Gasteiger partial charge in [-0.05, 0) is 17.2 Å². The molecule has 2 aromatic rings. The van der Waals surface area contributed by atoms with Crippen LogP contribution in [0.4, 0.5) is 30.5 Å². The Morgan fingerprint density at radius 2 is 2.00 bits per heavy atom. The lowest BCUT2D eigenvalue weighted by atomic mass is 9.92. The molecule has 148 valence electrons. The molecule has 6 N–H and O–H groups in total. The maximum absolute atomic E-state index is 13.5. The lowest BCUT2D eigenvalue weighted by Gasteiger charge is -2.27. The first-order valence-electron chi connectivity index (χ1n) is 7.96. The number of guanidine groups is 1. The molecule has 1 aromatic heterocycles. The van der Waals surface area contributed by atoms with E-state index < -0.39 is 17.8 Å². The highest BCUT2D eigenvalue weighted by molar-refractivity contribution is 9.08. The molecule has 1 aliphatic rings. The number of hydrogen-bond acceptors (Lipinski definition) is 8. The van der Waals surface area contributed by atoms with E-state index in [1.54, 1.807) is 6.19 Å². The summed E-state index contributed by atoms with van der Waals surface area (Å²) in [6.07, 6.45) is -2.91. The summed E-state index contributed by atoms with van der Waals surface area (Å²) < 4.78 is 40.5. The summed E-state index contributed by atoms with van der Waals surface area (Å²) in [7, 11) is 0. The molecule has 1 unspecified atom stereocenters. The van der Waals surface area contributed by atoms with E-state index in [1.165, 1.54) is 12.1 Å². The van der Waals surface area contributed by atoms with E-state index in [-0.39, 0.29) is 50.9 Å². The third-order valence-electron chi connectivity index (χ3n) is 4.26. The zero-order valence-electron chi connectivity index (χ0n) is 14.5. The molecule has 0 amide bonds. The van der Waals surface area contributed by atoms with Crippen LogP contribution < -0.4 is 22.1 Å². The van der Waals surface area contributed by atoms with E-state index in [2.05, 4.69) is 36.5 Å². The van der Waals surface area contributed by atoms with Crippen LogP contribution in [0.25, 0.3) is 0 Å². The molecular weight excluding hydrogens is 453 g/mol. The molecular formula is C17H12BrF3N8. The number of nitrogen functional groups attached to an aromatic ring is 2. The van der Waals surface area contributed by atoms with E-state index in [0.717, 1.165) is 6.07 Å². The van der Waals surface area contributed by atoms with Crippen molar-refractivity contribution in [3.8, 4) is 12.3 Å². The highest BCUT2D eigenvalue weighted by Gasteiger charge is 2.35. The summed E-state index contributed by atoms with van der Waals surface area (Å²) in [5.74, 6) is -0.104. The summed E-state index contributed by atoms with van der Waals surface area (Å²) >= 11 is 3.05. The lowest BCUT2D eigenvalue weighted by Crippen LogP contribution is -2.32. The SMILES string of the molecule is N#CNC1=NC(c2ccc(CBr)c(C(F)(F)F)c2)c2c(nc(N)c(C#N)c2N)N1. The minimum absolute atomic E-state index is 0.00818. The molecule has 0 aliphatic carbocycles. The molecule has 1 aliphatic heterocycles. The van der Waals surface area contributed by atoms with Gasteiger partial charge < -0.3 is 16.8 Å². The first-order valence-corrected chi connectivity index (χ1v) is 9.08. The fourth-order valence-electron chi connectivity index (χ4n) is 2.97. The molecule has 0 saturated carbocycles. The number of halogens is 4. The second-order valence-electron chi connectivity index (χ2n) is 5.95. The Kier molecular flexibility index (Phi) is 5.22. The zero-order valence-corrected chi connectivity index (χ0v) is 16.1. The minimum Gasteiger partial charge on any atom is -0.397 e. The number of aliphatic imine (C=N–C) groups is 1. The van der Waals surface area contributed by atoms with E-state index in [1.807, 2.05) is 6.07 Å². The highest BCUT2D eigenvalue weighted by Crippen LogP contribution is 2.42. The van der Waals surface area contributed by atoms with Crippen molar-refractivity contribution in [3.63, 3.8) is 0 Å². The monoisotopic (exact) mass is 464 g/mol. The number of pyridine rings is 1. The predicted octanol–water partition coefficient (Wildman–Crippen LogP) is 2.97. The van der Waals surface area contributed by atoms with Crippen LogP contribution in [0.5, 0.6) is 0 Å². The number of anilines is 3. The molecule has 0 bridgehead atoms. The number of hydrogen-bond donors (Lipinski definition) is 4. The van der Waals surface area contributed by atoms with E-state index >= 15 is 0 Å².